The van der Waals surface area contributed by atoms with Crippen molar-refractivity contribution < 1.29 is 9.53 Å². The van der Waals surface area contributed by atoms with Gasteiger partial charge in [-0.1, -0.05) is 6.42 Å². The monoisotopic (exact) mass is 338 g/mol. The molecule has 1 aliphatic carbocycles. The van der Waals surface area contributed by atoms with Gasteiger partial charge in [0, 0.05) is 0 Å². The van der Waals surface area contributed by atoms with Gasteiger partial charge in [0.15, 0.2) is 0 Å². The zero-order chi connectivity index (χ0) is 6.53. The molecule has 0 spiro atoms. The van der Waals surface area contributed by atoms with Crippen LogP contribution in [0.1, 0.15) is 32.1 Å². The van der Waals surface area contributed by atoms with Crippen LogP contribution in [0.3, 0.4) is 0 Å². The van der Waals surface area contributed by atoms with Crippen molar-refractivity contribution in [1.82, 2.24) is 0 Å². The third-order valence-corrected chi connectivity index (χ3v) is 1.80. The molecule has 0 atom stereocenters. The van der Waals surface area contributed by atoms with Crippen molar-refractivity contribution in [3.63, 3.8) is 0 Å². The summed E-state index contributed by atoms with van der Waals surface area (Å²) in [6.07, 6.45) is 6.11. The van der Waals surface area contributed by atoms with Crippen LogP contribution in [0.25, 0.3) is 0 Å². The fourth-order valence-electron chi connectivity index (χ4n) is 1.28. The van der Waals surface area contributed by atoms with Crippen LogP contribution in [0, 0.1) is 0 Å². The molecule has 3 heteroatoms. The van der Waals surface area contributed by atoms with Gasteiger partial charge in [-0.2, -0.15) is 0 Å². The molecule has 1 aliphatic rings. The van der Waals surface area contributed by atoms with Crippen molar-refractivity contribution in [3.05, 3.63) is 0 Å². The Kier molecular flexibility index (Phi) is 6.36. The van der Waals surface area contributed by atoms with Crippen LogP contribution in [-0.4, -0.2) is 39.9 Å². The van der Waals surface area contributed by atoms with Gasteiger partial charge in [-0.15, -0.1) is 0 Å². The molecule has 0 aliphatic heterocycles. The normalized spacial score (nSPS) is 19.2. The Bertz CT molecular complexity index is 89.6. The van der Waals surface area contributed by atoms with Gasteiger partial charge in [0.1, 0.15) is 6.10 Å². The SMILES string of the molecule is O=COC1CCCCC1.[PbH2]. The summed E-state index contributed by atoms with van der Waals surface area (Å²) < 4.78 is 4.80. The van der Waals surface area contributed by atoms with Crippen molar-refractivity contribution in [1.29, 1.82) is 0 Å². The van der Waals surface area contributed by atoms with E-state index in [1.54, 1.807) is 0 Å². The number of carbonyl (C=O) groups excluding carboxylic acids is 1. The Balaban J connectivity index is 0.000000810. The van der Waals surface area contributed by atoms with Gasteiger partial charge in [-0.05, 0) is 25.7 Å². The van der Waals surface area contributed by atoms with Crippen LogP contribution < -0.4 is 0 Å². The molecule has 0 saturated heterocycles. The first kappa shape index (κ1) is 10.4. The number of hydrogen-bond donors (Lipinski definition) is 0. The summed E-state index contributed by atoms with van der Waals surface area (Å²) in [6.45, 7) is 0.565. The summed E-state index contributed by atoms with van der Waals surface area (Å²) in [6, 6.07) is 0. The molecule has 1 fully saturated rings. The fourth-order valence-corrected chi connectivity index (χ4v) is 1.28. The second kappa shape index (κ2) is 6.12. The summed E-state index contributed by atoms with van der Waals surface area (Å²) in [5, 5.41) is 0. The zero-order valence-electron chi connectivity index (χ0n) is 6.21. The predicted molar refractivity (Wildman–Crippen MR) is 42.6 cm³/mol. The molecule has 0 N–H and O–H groups in total. The topological polar surface area (TPSA) is 26.3 Å². The van der Waals surface area contributed by atoms with Crippen LogP contribution in [0.5, 0.6) is 0 Å². The quantitative estimate of drug-likeness (QED) is 0.544. The first-order valence-electron chi connectivity index (χ1n) is 3.52. The second-order valence-electron chi connectivity index (χ2n) is 2.49. The van der Waals surface area contributed by atoms with Crippen LogP contribution in [0.4, 0.5) is 0 Å². The van der Waals surface area contributed by atoms with E-state index >= 15 is 0 Å². The molecule has 2 nitrogen and oxygen atoms in total. The van der Waals surface area contributed by atoms with E-state index in [0.717, 1.165) is 12.8 Å². The molecule has 0 bridgehead atoms. The van der Waals surface area contributed by atoms with E-state index in [4.69, 9.17) is 4.74 Å². The zero-order valence-corrected chi connectivity index (χ0v) is 11.7. The summed E-state index contributed by atoms with van der Waals surface area (Å²) in [7, 11) is 0. The molecule has 0 aromatic heterocycles. The van der Waals surface area contributed by atoms with Gasteiger partial charge in [-0.25, -0.2) is 0 Å². The van der Waals surface area contributed by atoms with Crippen molar-refractivity contribution in [2.75, 3.05) is 0 Å². The van der Waals surface area contributed by atoms with E-state index in [1.807, 2.05) is 0 Å². The van der Waals surface area contributed by atoms with E-state index in [0.29, 0.717) is 6.47 Å². The summed E-state index contributed by atoms with van der Waals surface area (Å²) in [4.78, 5) is 9.85. The van der Waals surface area contributed by atoms with Gasteiger partial charge in [0.05, 0.1) is 0 Å². The molecule has 1 rings (SSSR count). The van der Waals surface area contributed by atoms with E-state index in [1.165, 1.54) is 19.3 Å². The first-order chi connectivity index (χ1) is 4.43. The molecule has 0 aromatic carbocycles. The third kappa shape index (κ3) is 3.53. The summed E-state index contributed by atoms with van der Waals surface area (Å²) in [5.41, 5.74) is 0. The van der Waals surface area contributed by atoms with Gasteiger partial charge >= 0.3 is 27.3 Å². The van der Waals surface area contributed by atoms with Gasteiger partial charge in [-0.3, -0.25) is 4.79 Å². The van der Waals surface area contributed by atoms with E-state index in [-0.39, 0.29) is 33.4 Å². The van der Waals surface area contributed by atoms with E-state index in [2.05, 4.69) is 0 Å². The molecule has 0 unspecified atom stereocenters. The average Bonchev–Trinajstić information content (AvgIpc) is 1.91. The maximum atomic E-state index is 9.85. The molecule has 0 aromatic rings. The van der Waals surface area contributed by atoms with Gasteiger partial charge in [0.25, 0.3) is 6.47 Å². The molecular weight excluding hydrogens is 323 g/mol. The Morgan fingerprint density at radius 1 is 1.20 bits per heavy atom. The third-order valence-electron chi connectivity index (χ3n) is 1.80. The van der Waals surface area contributed by atoms with Crippen molar-refractivity contribution in [2.24, 2.45) is 0 Å². The number of rotatable bonds is 2. The van der Waals surface area contributed by atoms with E-state index < -0.39 is 0 Å². The minimum atomic E-state index is 0. The van der Waals surface area contributed by atoms with Crippen LogP contribution in [0.15, 0.2) is 0 Å². The van der Waals surface area contributed by atoms with Crippen LogP contribution in [0.2, 0.25) is 0 Å². The van der Waals surface area contributed by atoms with Gasteiger partial charge < -0.3 is 4.74 Å². The van der Waals surface area contributed by atoms with Crippen molar-refractivity contribution >= 4 is 33.8 Å². The Morgan fingerprint density at radius 2 is 1.80 bits per heavy atom. The molecule has 0 heterocycles. The summed E-state index contributed by atoms with van der Waals surface area (Å²) in [5.74, 6) is 0. The van der Waals surface area contributed by atoms with Crippen molar-refractivity contribution in [3.8, 4) is 0 Å². The average molecular weight is 337 g/mol. The van der Waals surface area contributed by atoms with Gasteiger partial charge in [0.2, 0.25) is 0 Å². The standard InChI is InChI=1S/C7H12O2.Pb.2H/c8-6-9-7-4-2-1-3-5-7;;;/h6-7H,1-5H2;;;. The number of ether oxygens (including phenoxy) is 1. The second-order valence-corrected chi connectivity index (χ2v) is 2.49. The maximum absolute atomic E-state index is 9.85. The first-order valence-corrected chi connectivity index (χ1v) is 3.52. The molecule has 0 amide bonds. The molecular formula is C7H14O2Pb. The molecule has 10 heavy (non-hydrogen) atoms. The molecule has 2 radical (unpaired) electrons. The predicted octanol–water partition coefficient (Wildman–Crippen LogP) is 0.576. The minimum absolute atomic E-state index is 0. The number of carbonyl (C=O) groups is 1. The number of hydrogen-bond acceptors (Lipinski definition) is 2. The Hall–Kier alpha value is 0.392. The Morgan fingerprint density at radius 3 is 2.30 bits per heavy atom. The van der Waals surface area contributed by atoms with Crippen LogP contribution >= 0.6 is 0 Å². The fraction of sp³-hybridized carbons (Fsp3) is 0.857. The van der Waals surface area contributed by atoms with E-state index in [9.17, 15) is 4.79 Å². The molecule has 1 saturated carbocycles. The van der Waals surface area contributed by atoms with Crippen molar-refractivity contribution in [2.45, 2.75) is 38.2 Å². The molecule has 58 valence electrons. The Labute approximate surface area is 81.5 Å². The summed E-state index contributed by atoms with van der Waals surface area (Å²) >= 11 is 0. The van der Waals surface area contributed by atoms with Crippen LogP contribution in [-0.2, 0) is 9.53 Å².